The molecule has 20 heavy (non-hydrogen) atoms. The van der Waals surface area contributed by atoms with Gasteiger partial charge in [-0.25, -0.2) is 4.98 Å². The molecule has 0 atom stereocenters. The largest absolute Gasteiger partial charge is 0.476 e. The number of hydrogen-bond donors (Lipinski definition) is 1. The Labute approximate surface area is 119 Å². The molecule has 0 saturated heterocycles. The highest BCUT2D eigenvalue weighted by molar-refractivity contribution is 5.67. The Balaban J connectivity index is 2.05. The molecule has 0 saturated carbocycles. The molecule has 0 unspecified atom stereocenters. The summed E-state index contributed by atoms with van der Waals surface area (Å²) in [5.74, 6) is 1.16. The van der Waals surface area contributed by atoms with Crippen molar-refractivity contribution >= 4 is 11.5 Å². The van der Waals surface area contributed by atoms with Gasteiger partial charge in [0, 0.05) is 13.6 Å². The maximum absolute atomic E-state index is 6.05. The number of rotatable bonds is 6. The first-order valence-electron chi connectivity index (χ1n) is 6.70. The third-order valence-corrected chi connectivity index (χ3v) is 3.05. The maximum atomic E-state index is 6.05. The minimum atomic E-state index is 0.448. The van der Waals surface area contributed by atoms with Crippen molar-refractivity contribution in [2.45, 2.75) is 13.3 Å². The summed E-state index contributed by atoms with van der Waals surface area (Å²) in [6.45, 7) is 3.27. The van der Waals surface area contributed by atoms with Gasteiger partial charge in [0.05, 0.1) is 6.61 Å². The molecule has 0 amide bonds. The molecule has 2 rings (SSSR count). The fraction of sp³-hybridized carbons (Fsp3) is 0.333. The molecule has 106 valence electrons. The quantitative estimate of drug-likeness (QED) is 0.872. The third-order valence-electron chi connectivity index (χ3n) is 3.05. The predicted octanol–water partition coefficient (Wildman–Crippen LogP) is 2.14. The van der Waals surface area contributed by atoms with E-state index in [1.54, 1.807) is 0 Å². The van der Waals surface area contributed by atoms with Crippen LogP contribution in [-0.4, -0.2) is 30.2 Å². The lowest BCUT2D eigenvalue weighted by Gasteiger charge is -2.20. The van der Waals surface area contributed by atoms with Crippen LogP contribution in [0.5, 0.6) is 5.88 Å². The van der Waals surface area contributed by atoms with E-state index in [1.807, 2.05) is 37.1 Å². The topological polar surface area (TPSA) is 64.3 Å². The fourth-order valence-electron chi connectivity index (χ4n) is 1.97. The minimum absolute atomic E-state index is 0.448. The summed E-state index contributed by atoms with van der Waals surface area (Å²) in [5, 5.41) is 0. The summed E-state index contributed by atoms with van der Waals surface area (Å²) >= 11 is 0. The number of nitrogen functional groups attached to an aromatic ring is 1. The molecule has 5 nitrogen and oxygen atoms in total. The van der Waals surface area contributed by atoms with Gasteiger partial charge >= 0.3 is 0 Å². The molecular weight excluding hydrogens is 252 g/mol. The Hall–Kier alpha value is -2.30. The zero-order valence-corrected chi connectivity index (χ0v) is 11.9. The maximum Gasteiger partial charge on any atom is 0.242 e. The van der Waals surface area contributed by atoms with Crippen LogP contribution in [-0.2, 0) is 6.42 Å². The second-order valence-corrected chi connectivity index (χ2v) is 4.51. The van der Waals surface area contributed by atoms with Crippen LogP contribution >= 0.6 is 0 Å². The third kappa shape index (κ3) is 3.38. The van der Waals surface area contributed by atoms with E-state index >= 15 is 0 Å². The van der Waals surface area contributed by atoms with Crippen molar-refractivity contribution in [1.29, 1.82) is 0 Å². The Morgan fingerprint density at radius 2 is 1.95 bits per heavy atom. The number of likely N-dealkylation sites (N-methyl/N-ethyl adjacent to an activating group) is 1. The normalized spacial score (nSPS) is 10.3. The van der Waals surface area contributed by atoms with Crippen molar-refractivity contribution in [2.24, 2.45) is 0 Å². The highest BCUT2D eigenvalue weighted by atomic mass is 16.5. The van der Waals surface area contributed by atoms with E-state index in [1.165, 1.54) is 11.9 Å². The first-order chi connectivity index (χ1) is 9.72. The van der Waals surface area contributed by atoms with Gasteiger partial charge in [0.1, 0.15) is 12.0 Å². The average Bonchev–Trinajstić information content (AvgIpc) is 2.48. The first kappa shape index (κ1) is 14.1. The van der Waals surface area contributed by atoms with Gasteiger partial charge in [-0.2, -0.15) is 4.98 Å². The van der Waals surface area contributed by atoms with E-state index in [4.69, 9.17) is 10.5 Å². The summed E-state index contributed by atoms with van der Waals surface area (Å²) in [4.78, 5) is 10.3. The second-order valence-electron chi connectivity index (χ2n) is 4.51. The monoisotopic (exact) mass is 272 g/mol. The summed E-state index contributed by atoms with van der Waals surface area (Å²) in [7, 11) is 1.97. The Morgan fingerprint density at radius 1 is 1.20 bits per heavy atom. The Kier molecular flexibility index (Phi) is 4.76. The molecule has 0 aliphatic heterocycles. The summed E-state index contributed by atoms with van der Waals surface area (Å²) < 4.78 is 5.39. The number of ether oxygens (including phenoxy) is 1. The Bertz CT molecular complexity index is 545. The lowest BCUT2D eigenvalue weighted by Crippen LogP contribution is -2.23. The molecule has 5 heteroatoms. The number of nitrogens with two attached hydrogens (primary N) is 1. The van der Waals surface area contributed by atoms with Gasteiger partial charge in [-0.3, -0.25) is 0 Å². The standard InChI is InChI=1S/C15H20N4O/c1-3-20-15-13(16)14(17-11-18-15)19(2)10-9-12-7-5-4-6-8-12/h4-8,11H,3,9-10,16H2,1-2H3. The molecule has 1 aromatic heterocycles. The molecule has 2 N–H and O–H groups in total. The van der Waals surface area contributed by atoms with Crippen LogP contribution in [0.3, 0.4) is 0 Å². The molecule has 0 fully saturated rings. The molecule has 2 aromatic rings. The highest BCUT2D eigenvalue weighted by Gasteiger charge is 2.12. The number of hydrogen-bond acceptors (Lipinski definition) is 5. The van der Waals surface area contributed by atoms with Crippen LogP contribution in [0, 0.1) is 0 Å². The van der Waals surface area contributed by atoms with Crippen molar-refractivity contribution in [2.75, 3.05) is 30.8 Å². The van der Waals surface area contributed by atoms with Gasteiger partial charge < -0.3 is 15.4 Å². The second kappa shape index (κ2) is 6.75. The Morgan fingerprint density at radius 3 is 2.65 bits per heavy atom. The van der Waals surface area contributed by atoms with E-state index < -0.39 is 0 Å². The molecule has 0 aliphatic rings. The van der Waals surface area contributed by atoms with Gasteiger partial charge in [0.25, 0.3) is 0 Å². The van der Waals surface area contributed by atoms with Gasteiger partial charge in [-0.05, 0) is 18.9 Å². The molecule has 0 radical (unpaired) electrons. The van der Waals surface area contributed by atoms with Crippen molar-refractivity contribution in [3.8, 4) is 5.88 Å². The molecule has 0 bridgehead atoms. The molecule has 0 aliphatic carbocycles. The van der Waals surface area contributed by atoms with Crippen LogP contribution in [0.25, 0.3) is 0 Å². The number of aromatic nitrogens is 2. The van der Waals surface area contributed by atoms with Crippen molar-refractivity contribution in [1.82, 2.24) is 9.97 Å². The summed E-state index contributed by atoms with van der Waals surface area (Å²) in [6.07, 6.45) is 2.42. The van der Waals surface area contributed by atoms with Gasteiger partial charge in [-0.1, -0.05) is 30.3 Å². The molecule has 1 heterocycles. The molecule has 1 aromatic carbocycles. The van der Waals surface area contributed by atoms with E-state index in [0.717, 1.165) is 13.0 Å². The molecular formula is C15H20N4O. The van der Waals surface area contributed by atoms with E-state index in [-0.39, 0.29) is 0 Å². The SMILES string of the molecule is CCOc1ncnc(N(C)CCc2ccccc2)c1N. The fourth-order valence-corrected chi connectivity index (χ4v) is 1.97. The van der Waals surface area contributed by atoms with Crippen LogP contribution in [0.2, 0.25) is 0 Å². The minimum Gasteiger partial charge on any atom is -0.476 e. The number of anilines is 2. The lowest BCUT2D eigenvalue weighted by molar-refractivity contribution is 0.328. The number of nitrogens with zero attached hydrogens (tertiary/aromatic N) is 3. The zero-order chi connectivity index (χ0) is 14.4. The smallest absolute Gasteiger partial charge is 0.242 e. The first-order valence-corrected chi connectivity index (χ1v) is 6.70. The van der Waals surface area contributed by atoms with E-state index in [0.29, 0.717) is 24.0 Å². The van der Waals surface area contributed by atoms with Crippen LogP contribution < -0.4 is 15.4 Å². The van der Waals surface area contributed by atoms with Gasteiger partial charge in [0.2, 0.25) is 5.88 Å². The highest BCUT2D eigenvalue weighted by Crippen LogP contribution is 2.26. The zero-order valence-electron chi connectivity index (χ0n) is 11.9. The summed E-state index contributed by atoms with van der Waals surface area (Å²) in [6, 6.07) is 10.3. The number of benzene rings is 1. The van der Waals surface area contributed by atoms with Crippen LogP contribution in [0.1, 0.15) is 12.5 Å². The summed E-state index contributed by atoms with van der Waals surface area (Å²) in [5.41, 5.74) is 7.83. The molecule has 0 spiro atoms. The average molecular weight is 272 g/mol. The lowest BCUT2D eigenvalue weighted by atomic mass is 10.1. The van der Waals surface area contributed by atoms with Crippen molar-refractivity contribution in [3.05, 3.63) is 42.2 Å². The van der Waals surface area contributed by atoms with E-state index in [2.05, 4.69) is 22.1 Å². The van der Waals surface area contributed by atoms with Gasteiger partial charge in [-0.15, -0.1) is 0 Å². The van der Waals surface area contributed by atoms with Crippen molar-refractivity contribution < 1.29 is 4.74 Å². The van der Waals surface area contributed by atoms with Crippen molar-refractivity contribution in [3.63, 3.8) is 0 Å². The van der Waals surface area contributed by atoms with Gasteiger partial charge in [0.15, 0.2) is 5.82 Å². The van der Waals surface area contributed by atoms with Crippen LogP contribution in [0.15, 0.2) is 36.7 Å². The van der Waals surface area contributed by atoms with Crippen LogP contribution in [0.4, 0.5) is 11.5 Å². The predicted molar refractivity (Wildman–Crippen MR) is 81.0 cm³/mol. The van der Waals surface area contributed by atoms with E-state index in [9.17, 15) is 0 Å².